The van der Waals surface area contributed by atoms with Crippen LogP contribution in [0.25, 0.3) is 0 Å². The van der Waals surface area contributed by atoms with Gasteiger partial charge in [0.2, 0.25) is 0 Å². The first kappa shape index (κ1) is 14.1. The number of aryl methyl sites for hydroxylation is 1. The smallest absolute Gasteiger partial charge is 0.257 e. The third-order valence-electron chi connectivity index (χ3n) is 2.56. The van der Waals surface area contributed by atoms with Gasteiger partial charge in [-0.15, -0.1) is 0 Å². The molecule has 0 heterocycles. The SMILES string of the molecule is Cc1cc(Br)cc(NC(=O)c2cc(Br)ccc2N)c1. The number of amides is 1. The highest BCUT2D eigenvalue weighted by molar-refractivity contribution is 9.10. The Balaban J connectivity index is 2.28. The van der Waals surface area contributed by atoms with Crippen molar-refractivity contribution in [2.45, 2.75) is 6.92 Å². The van der Waals surface area contributed by atoms with E-state index >= 15 is 0 Å². The van der Waals surface area contributed by atoms with E-state index in [2.05, 4.69) is 37.2 Å². The van der Waals surface area contributed by atoms with E-state index in [-0.39, 0.29) is 5.91 Å². The second-order valence-corrected chi connectivity index (χ2v) is 6.03. The minimum atomic E-state index is -0.226. The summed E-state index contributed by atoms with van der Waals surface area (Å²) < 4.78 is 1.74. The molecular weight excluding hydrogens is 372 g/mol. The van der Waals surface area contributed by atoms with Crippen LogP contribution in [0.4, 0.5) is 11.4 Å². The van der Waals surface area contributed by atoms with Crippen LogP contribution in [0.5, 0.6) is 0 Å². The molecule has 0 spiro atoms. The lowest BCUT2D eigenvalue weighted by Crippen LogP contribution is -2.14. The van der Waals surface area contributed by atoms with Gasteiger partial charge in [0.15, 0.2) is 0 Å². The fraction of sp³-hybridized carbons (Fsp3) is 0.0714. The van der Waals surface area contributed by atoms with Crippen molar-refractivity contribution in [3.8, 4) is 0 Å². The zero-order valence-corrected chi connectivity index (χ0v) is 13.4. The number of nitrogens with one attached hydrogen (secondary N) is 1. The lowest BCUT2D eigenvalue weighted by atomic mass is 10.1. The second kappa shape index (κ2) is 5.75. The normalized spacial score (nSPS) is 10.3. The van der Waals surface area contributed by atoms with E-state index in [0.29, 0.717) is 11.3 Å². The molecule has 98 valence electrons. The summed E-state index contributed by atoms with van der Waals surface area (Å²) in [4.78, 5) is 12.2. The number of halogens is 2. The molecule has 0 saturated heterocycles. The molecule has 0 unspecified atom stereocenters. The van der Waals surface area contributed by atoms with Crippen LogP contribution in [-0.2, 0) is 0 Å². The molecule has 0 saturated carbocycles. The summed E-state index contributed by atoms with van der Waals surface area (Å²) in [6.45, 7) is 1.97. The van der Waals surface area contributed by atoms with E-state index in [9.17, 15) is 4.79 Å². The van der Waals surface area contributed by atoms with E-state index in [1.54, 1.807) is 18.2 Å². The highest BCUT2D eigenvalue weighted by Crippen LogP contribution is 2.22. The number of anilines is 2. The molecular formula is C14H12Br2N2O. The monoisotopic (exact) mass is 382 g/mol. The third kappa shape index (κ3) is 3.58. The van der Waals surface area contributed by atoms with Crippen molar-refractivity contribution in [3.05, 3.63) is 56.5 Å². The minimum absolute atomic E-state index is 0.226. The lowest BCUT2D eigenvalue weighted by molar-refractivity contribution is 0.102. The van der Waals surface area contributed by atoms with Crippen molar-refractivity contribution in [1.82, 2.24) is 0 Å². The van der Waals surface area contributed by atoms with E-state index in [1.807, 2.05) is 25.1 Å². The average molecular weight is 384 g/mol. The Morgan fingerprint density at radius 3 is 2.53 bits per heavy atom. The first-order chi connectivity index (χ1) is 8.95. The zero-order chi connectivity index (χ0) is 14.0. The number of carbonyl (C=O) groups is 1. The van der Waals surface area contributed by atoms with Crippen LogP contribution in [0.1, 0.15) is 15.9 Å². The first-order valence-electron chi connectivity index (χ1n) is 5.59. The molecule has 5 heteroatoms. The van der Waals surface area contributed by atoms with Crippen LogP contribution < -0.4 is 11.1 Å². The van der Waals surface area contributed by atoms with Crippen LogP contribution in [0, 0.1) is 6.92 Å². The van der Waals surface area contributed by atoms with Crippen molar-refractivity contribution >= 4 is 49.1 Å². The van der Waals surface area contributed by atoms with Crippen molar-refractivity contribution in [3.63, 3.8) is 0 Å². The van der Waals surface area contributed by atoms with Crippen molar-refractivity contribution in [2.24, 2.45) is 0 Å². The van der Waals surface area contributed by atoms with Gasteiger partial charge in [0.05, 0.1) is 5.56 Å². The molecule has 0 aliphatic rings. The highest BCUT2D eigenvalue weighted by Gasteiger charge is 2.11. The van der Waals surface area contributed by atoms with Crippen LogP contribution in [0.3, 0.4) is 0 Å². The molecule has 0 aliphatic heterocycles. The van der Waals surface area contributed by atoms with Gasteiger partial charge in [-0.3, -0.25) is 4.79 Å². The van der Waals surface area contributed by atoms with Gasteiger partial charge in [-0.25, -0.2) is 0 Å². The first-order valence-corrected chi connectivity index (χ1v) is 7.18. The molecule has 3 N–H and O–H groups in total. The number of benzene rings is 2. The largest absolute Gasteiger partial charge is 0.398 e. The number of hydrogen-bond acceptors (Lipinski definition) is 2. The Kier molecular flexibility index (Phi) is 4.27. The Labute approximate surface area is 128 Å². The summed E-state index contributed by atoms with van der Waals surface area (Å²) in [7, 11) is 0. The molecule has 3 nitrogen and oxygen atoms in total. The Bertz CT molecular complexity index is 621. The molecule has 19 heavy (non-hydrogen) atoms. The standard InChI is InChI=1S/C14H12Br2N2O/c1-8-4-10(16)6-11(5-8)18-14(19)12-7-9(15)2-3-13(12)17/h2-7H,17H2,1H3,(H,18,19). The Hall–Kier alpha value is -1.33. The van der Waals surface area contributed by atoms with E-state index in [1.165, 1.54) is 0 Å². The lowest BCUT2D eigenvalue weighted by Gasteiger charge is -2.09. The summed E-state index contributed by atoms with van der Waals surface area (Å²) >= 11 is 6.73. The fourth-order valence-electron chi connectivity index (χ4n) is 1.73. The van der Waals surface area contributed by atoms with Gasteiger partial charge >= 0.3 is 0 Å². The maximum absolute atomic E-state index is 12.2. The summed E-state index contributed by atoms with van der Waals surface area (Å²) in [5.74, 6) is -0.226. The van der Waals surface area contributed by atoms with Gasteiger partial charge in [-0.1, -0.05) is 31.9 Å². The molecule has 0 radical (unpaired) electrons. The number of hydrogen-bond donors (Lipinski definition) is 2. The van der Waals surface area contributed by atoms with Gasteiger partial charge < -0.3 is 11.1 Å². The molecule has 0 fully saturated rings. The maximum Gasteiger partial charge on any atom is 0.257 e. The van der Waals surface area contributed by atoms with Crippen molar-refractivity contribution < 1.29 is 4.79 Å². The fourth-order valence-corrected chi connectivity index (χ4v) is 2.70. The molecule has 2 aromatic rings. The van der Waals surface area contributed by atoms with Gasteiger partial charge in [0, 0.05) is 20.3 Å². The quantitative estimate of drug-likeness (QED) is 0.757. The van der Waals surface area contributed by atoms with Crippen LogP contribution in [0.2, 0.25) is 0 Å². The average Bonchev–Trinajstić information content (AvgIpc) is 2.30. The third-order valence-corrected chi connectivity index (χ3v) is 3.51. The molecule has 0 atom stereocenters. The number of nitrogen functional groups attached to an aromatic ring is 1. The highest BCUT2D eigenvalue weighted by atomic mass is 79.9. The summed E-state index contributed by atoms with van der Waals surface area (Å²) in [5, 5.41) is 2.84. The number of rotatable bonds is 2. The molecule has 0 aliphatic carbocycles. The van der Waals surface area contributed by atoms with Crippen molar-refractivity contribution in [1.29, 1.82) is 0 Å². The summed E-state index contributed by atoms with van der Waals surface area (Å²) in [6, 6.07) is 10.9. The second-order valence-electron chi connectivity index (χ2n) is 4.20. The molecule has 2 aromatic carbocycles. The molecule has 1 amide bonds. The summed E-state index contributed by atoms with van der Waals surface area (Å²) in [6.07, 6.45) is 0. The molecule has 0 aromatic heterocycles. The topological polar surface area (TPSA) is 55.1 Å². The molecule has 0 bridgehead atoms. The van der Waals surface area contributed by atoms with Crippen LogP contribution in [0.15, 0.2) is 45.3 Å². The zero-order valence-electron chi connectivity index (χ0n) is 10.2. The van der Waals surface area contributed by atoms with Gasteiger partial charge in [-0.05, 0) is 48.9 Å². The van der Waals surface area contributed by atoms with Gasteiger partial charge in [0.1, 0.15) is 0 Å². The predicted octanol–water partition coefficient (Wildman–Crippen LogP) is 4.35. The van der Waals surface area contributed by atoms with E-state index < -0.39 is 0 Å². The van der Waals surface area contributed by atoms with Crippen LogP contribution >= 0.6 is 31.9 Å². The number of carbonyl (C=O) groups excluding carboxylic acids is 1. The minimum Gasteiger partial charge on any atom is -0.398 e. The Morgan fingerprint density at radius 2 is 1.84 bits per heavy atom. The number of nitrogens with two attached hydrogens (primary N) is 1. The maximum atomic E-state index is 12.2. The predicted molar refractivity (Wildman–Crippen MR) is 85.4 cm³/mol. The van der Waals surface area contributed by atoms with Gasteiger partial charge in [-0.2, -0.15) is 0 Å². The van der Waals surface area contributed by atoms with Crippen LogP contribution in [-0.4, -0.2) is 5.91 Å². The van der Waals surface area contributed by atoms with Gasteiger partial charge in [0.25, 0.3) is 5.91 Å². The molecule has 2 rings (SSSR count). The van der Waals surface area contributed by atoms with Crippen molar-refractivity contribution in [2.75, 3.05) is 11.1 Å². The van der Waals surface area contributed by atoms with E-state index in [4.69, 9.17) is 5.73 Å². The Morgan fingerprint density at radius 1 is 1.11 bits per heavy atom. The van der Waals surface area contributed by atoms with E-state index in [0.717, 1.165) is 20.2 Å². The summed E-state index contributed by atoms with van der Waals surface area (Å²) in [5.41, 5.74) is 8.51.